The number of pyridine rings is 1. The first-order chi connectivity index (χ1) is 14.1. The van der Waals surface area contributed by atoms with Crippen LogP contribution in [0.1, 0.15) is 10.4 Å². The van der Waals surface area contributed by atoms with Gasteiger partial charge in [0.2, 0.25) is 0 Å². The zero-order valence-electron chi connectivity index (χ0n) is 15.2. The second-order valence-corrected chi connectivity index (χ2v) is 6.25. The molecule has 146 valence electrons. The Morgan fingerprint density at radius 3 is 2.66 bits per heavy atom. The van der Waals surface area contributed by atoms with Crippen LogP contribution in [0.15, 0.2) is 64.4 Å². The molecule has 3 heterocycles. The lowest BCUT2D eigenvalue weighted by molar-refractivity contribution is 0.0946. The monoisotopic (exact) mass is 391 g/mol. The number of H-pyrrole nitrogens is 3. The van der Waals surface area contributed by atoms with Crippen molar-refractivity contribution in [1.29, 1.82) is 0 Å². The second-order valence-electron chi connectivity index (χ2n) is 6.25. The van der Waals surface area contributed by atoms with Crippen molar-refractivity contribution in [3.8, 4) is 17.0 Å². The molecule has 0 aliphatic carbocycles. The highest BCUT2D eigenvalue weighted by molar-refractivity contribution is 5.93. The zero-order valence-corrected chi connectivity index (χ0v) is 15.2. The Balaban J connectivity index is 1.36. The fourth-order valence-electron chi connectivity index (χ4n) is 2.87. The highest BCUT2D eigenvalue weighted by atomic mass is 16.5. The smallest absolute Gasteiger partial charge is 0.326 e. The number of rotatable bonds is 6. The predicted octanol–water partition coefficient (Wildman–Crippen LogP) is 1.42. The SMILES string of the molecule is O=C(NCCOc1ccc(-c2cc3[nH]c(=O)[nH]c(=O)c3[nH]2)cc1)c1cccnc1. The Morgan fingerprint density at radius 1 is 1.07 bits per heavy atom. The minimum Gasteiger partial charge on any atom is -0.492 e. The summed E-state index contributed by atoms with van der Waals surface area (Å²) < 4.78 is 5.63. The number of aromatic nitrogens is 4. The fourth-order valence-corrected chi connectivity index (χ4v) is 2.87. The van der Waals surface area contributed by atoms with Crippen molar-refractivity contribution in [1.82, 2.24) is 25.3 Å². The Hall–Kier alpha value is -4.14. The lowest BCUT2D eigenvalue weighted by Gasteiger charge is -2.08. The normalized spacial score (nSPS) is 10.8. The third-order valence-electron chi connectivity index (χ3n) is 4.27. The van der Waals surface area contributed by atoms with E-state index in [-0.39, 0.29) is 5.91 Å². The molecule has 0 unspecified atom stereocenters. The largest absolute Gasteiger partial charge is 0.492 e. The van der Waals surface area contributed by atoms with E-state index < -0.39 is 11.2 Å². The van der Waals surface area contributed by atoms with Crippen molar-refractivity contribution in [3.63, 3.8) is 0 Å². The Bertz CT molecular complexity index is 1260. The van der Waals surface area contributed by atoms with Crippen LogP contribution in [0.4, 0.5) is 0 Å². The van der Waals surface area contributed by atoms with E-state index in [1.54, 1.807) is 36.5 Å². The van der Waals surface area contributed by atoms with Gasteiger partial charge in [0.05, 0.1) is 17.6 Å². The van der Waals surface area contributed by atoms with Gasteiger partial charge in [0, 0.05) is 18.1 Å². The van der Waals surface area contributed by atoms with Crippen molar-refractivity contribution in [3.05, 3.63) is 81.3 Å². The van der Waals surface area contributed by atoms with Gasteiger partial charge in [-0.05, 0) is 48.0 Å². The Kier molecular flexibility index (Phi) is 4.93. The van der Waals surface area contributed by atoms with Crippen LogP contribution in [0.2, 0.25) is 0 Å². The fraction of sp³-hybridized carbons (Fsp3) is 0.100. The van der Waals surface area contributed by atoms with Gasteiger partial charge in [-0.15, -0.1) is 0 Å². The molecule has 29 heavy (non-hydrogen) atoms. The molecule has 4 N–H and O–H groups in total. The molecule has 0 aliphatic rings. The molecule has 4 aromatic rings. The highest BCUT2D eigenvalue weighted by Crippen LogP contribution is 2.23. The number of carbonyl (C=O) groups is 1. The van der Waals surface area contributed by atoms with Gasteiger partial charge in [0.1, 0.15) is 17.9 Å². The molecule has 0 saturated heterocycles. The van der Waals surface area contributed by atoms with Gasteiger partial charge in [-0.2, -0.15) is 0 Å². The molecule has 9 heteroatoms. The van der Waals surface area contributed by atoms with Crippen LogP contribution in [-0.4, -0.2) is 39.0 Å². The van der Waals surface area contributed by atoms with Gasteiger partial charge in [-0.3, -0.25) is 19.6 Å². The highest BCUT2D eigenvalue weighted by Gasteiger charge is 2.08. The van der Waals surface area contributed by atoms with Crippen LogP contribution >= 0.6 is 0 Å². The van der Waals surface area contributed by atoms with E-state index in [9.17, 15) is 14.4 Å². The number of nitrogens with one attached hydrogen (secondary N) is 4. The standard InChI is InChI=1S/C20H17N5O4/c26-18(13-2-1-7-21-11-13)22-8-9-29-14-5-3-12(4-6-14)15-10-16-17(23-15)19(27)25-20(28)24-16/h1-7,10-11,23H,8-9H2,(H,22,26)(H2,24,25,27,28). The van der Waals surface area contributed by atoms with Crippen LogP contribution in [0.25, 0.3) is 22.3 Å². The quantitative estimate of drug-likeness (QED) is 0.369. The maximum Gasteiger partial charge on any atom is 0.326 e. The molecule has 0 radical (unpaired) electrons. The van der Waals surface area contributed by atoms with Gasteiger partial charge in [-0.25, -0.2) is 4.79 Å². The first kappa shape index (κ1) is 18.2. The summed E-state index contributed by atoms with van der Waals surface area (Å²) in [6.45, 7) is 0.669. The molecule has 0 atom stereocenters. The lowest BCUT2D eigenvalue weighted by Crippen LogP contribution is -2.28. The molecule has 3 aromatic heterocycles. The number of carbonyl (C=O) groups excluding carboxylic acids is 1. The molecule has 1 amide bonds. The summed E-state index contributed by atoms with van der Waals surface area (Å²) >= 11 is 0. The van der Waals surface area contributed by atoms with Crippen molar-refractivity contribution in [2.45, 2.75) is 0 Å². The number of hydrogen-bond donors (Lipinski definition) is 4. The summed E-state index contributed by atoms with van der Waals surface area (Å²) in [5, 5.41) is 2.76. The topological polar surface area (TPSA) is 133 Å². The number of aromatic amines is 3. The Morgan fingerprint density at radius 2 is 1.90 bits per heavy atom. The molecule has 0 saturated carbocycles. The molecule has 0 aliphatic heterocycles. The van der Waals surface area contributed by atoms with Crippen LogP contribution in [0, 0.1) is 0 Å². The third-order valence-corrected chi connectivity index (χ3v) is 4.27. The van der Waals surface area contributed by atoms with E-state index in [1.165, 1.54) is 6.20 Å². The van der Waals surface area contributed by atoms with Crippen molar-refractivity contribution in [2.24, 2.45) is 0 Å². The first-order valence-corrected chi connectivity index (χ1v) is 8.87. The van der Waals surface area contributed by atoms with E-state index >= 15 is 0 Å². The van der Waals surface area contributed by atoms with E-state index in [0.29, 0.717) is 41.2 Å². The van der Waals surface area contributed by atoms with Gasteiger partial charge in [-0.1, -0.05) is 0 Å². The minimum absolute atomic E-state index is 0.205. The van der Waals surface area contributed by atoms with Crippen LogP contribution in [-0.2, 0) is 0 Å². The number of nitrogens with zero attached hydrogens (tertiary/aromatic N) is 1. The minimum atomic E-state index is -0.549. The molecule has 0 spiro atoms. The number of benzene rings is 1. The summed E-state index contributed by atoms with van der Waals surface area (Å²) in [7, 11) is 0. The molecular formula is C20H17N5O4. The van der Waals surface area contributed by atoms with Gasteiger partial charge >= 0.3 is 5.69 Å². The second kappa shape index (κ2) is 7.85. The zero-order chi connectivity index (χ0) is 20.2. The van der Waals surface area contributed by atoms with Crippen LogP contribution in [0.5, 0.6) is 5.75 Å². The van der Waals surface area contributed by atoms with Crippen molar-refractivity contribution >= 4 is 16.9 Å². The molecule has 0 fully saturated rings. The summed E-state index contributed by atoms with van der Waals surface area (Å²) in [5.74, 6) is 0.440. The average molecular weight is 391 g/mol. The maximum absolute atomic E-state index is 11.9. The third kappa shape index (κ3) is 4.08. The number of ether oxygens (including phenoxy) is 1. The molecule has 0 bridgehead atoms. The van der Waals surface area contributed by atoms with E-state index in [0.717, 1.165) is 5.56 Å². The summed E-state index contributed by atoms with van der Waals surface area (Å²) in [6.07, 6.45) is 3.11. The number of fused-ring (bicyclic) bond motifs is 1. The van der Waals surface area contributed by atoms with Gasteiger partial charge < -0.3 is 20.0 Å². The van der Waals surface area contributed by atoms with E-state index in [4.69, 9.17) is 4.74 Å². The van der Waals surface area contributed by atoms with Crippen molar-refractivity contribution in [2.75, 3.05) is 13.2 Å². The van der Waals surface area contributed by atoms with E-state index in [1.807, 2.05) is 12.1 Å². The summed E-state index contributed by atoms with van der Waals surface area (Å²) in [6, 6.07) is 12.3. The summed E-state index contributed by atoms with van der Waals surface area (Å²) in [4.78, 5) is 46.8. The maximum atomic E-state index is 11.9. The lowest BCUT2D eigenvalue weighted by atomic mass is 10.1. The molecule has 4 rings (SSSR count). The van der Waals surface area contributed by atoms with Crippen LogP contribution < -0.4 is 21.3 Å². The number of amides is 1. The van der Waals surface area contributed by atoms with E-state index in [2.05, 4.69) is 25.3 Å². The van der Waals surface area contributed by atoms with Crippen LogP contribution in [0.3, 0.4) is 0 Å². The van der Waals surface area contributed by atoms with Gasteiger partial charge in [0.25, 0.3) is 11.5 Å². The Labute approximate surface area is 163 Å². The average Bonchev–Trinajstić information content (AvgIpc) is 3.16. The molecular weight excluding hydrogens is 374 g/mol. The predicted molar refractivity (Wildman–Crippen MR) is 107 cm³/mol. The summed E-state index contributed by atoms with van der Waals surface area (Å²) in [5.41, 5.74) is 1.76. The number of hydrogen-bond acceptors (Lipinski definition) is 5. The van der Waals surface area contributed by atoms with Crippen molar-refractivity contribution < 1.29 is 9.53 Å². The molecule has 1 aromatic carbocycles. The molecule has 9 nitrogen and oxygen atoms in total. The first-order valence-electron chi connectivity index (χ1n) is 8.87. The van der Waals surface area contributed by atoms with Gasteiger partial charge in [0.15, 0.2) is 0 Å².